The highest BCUT2D eigenvalue weighted by Crippen LogP contribution is 2.26. The maximum Gasteiger partial charge on any atom is 0.138 e. The van der Waals surface area contributed by atoms with Crippen molar-refractivity contribution in [3.05, 3.63) is 21.5 Å². The third kappa shape index (κ3) is 4.61. The zero-order valence-corrected chi connectivity index (χ0v) is 13.5. The maximum absolute atomic E-state index is 13.5. The average molecular weight is 365 g/mol. The normalized spacial score (nSPS) is 11.9. The van der Waals surface area contributed by atoms with Gasteiger partial charge in [0.05, 0.1) is 14.9 Å². The molecule has 0 spiro atoms. The zero-order chi connectivity index (χ0) is 13.9. The van der Waals surface area contributed by atoms with E-state index < -0.39 is 0 Å². The fraction of sp³-hybridized carbons (Fsp3) is 0.538. The van der Waals surface area contributed by atoms with E-state index in [4.69, 9.17) is 5.73 Å². The first-order valence-electron chi connectivity index (χ1n) is 5.84. The zero-order valence-electron chi connectivity index (χ0n) is 11.3. The van der Waals surface area contributed by atoms with E-state index >= 15 is 0 Å². The van der Waals surface area contributed by atoms with Crippen molar-refractivity contribution < 1.29 is 4.39 Å². The Morgan fingerprint density at radius 2 is 2.00 bits per heavy atom. The topological polar surface area (TPSA) is 41.3 Å². The summed E-state index contributed by atoms with van der Waals surface area (Å²) in [6.45, 7) is 6.03. The number of rotatable bonds is 5. The van der Waals surface area contributed by atoms with Gasteiger partial charge in [-0.1, -0.05) is 13.8 Å². The number of halogens is 2. The number of nitrogens with one attached hydrogen (secondary N) is 1. The Hall–Kier alpha value is -0.560. The molecule has 3 N–H and O–H groups in total. The Labute approximate surface area is 122 Å². The molecule has 5 heteroatoms. The summed E-state index contributed by atoms with van der Waals surface area (Å²) in [6.07, 6.45) is 0. The SMILES string of the molecule is CN(C)CC(C)(C)CNc1cc(F)c(I)cc1N. The van der Waals surface area contributed by atoms with Crippen LogP contribution in [0.1, 0.15) is 13.8 Å². The number of nitrogens with two attached hydrogens (primary N) is 1. The Bertz CT molecular complexity index is 419. The molecule has 102 valence electrons. The highest BCUT2D eigenvalue weighted by molar-refractivity contribution is 14.1. The molecule has 0 unspecified atom stereocenters. The van der Waals surface area contributed by atoms with E-state index in [1.807, 2.05) is 36.7 Å². The number of nitrogens with zero attached hydrogens (tertiary/aromatic N) is 1. The van der Waals surface area contributed by atoms with E-state index in [1.165, 1.54) is 6.07 Å². The maximum atomic E-state index is 13.5. The Morgan fingerprint density at radius 1 is 1.39 bits per heavy atom. The van der Waals surface area contributed by atoms with Gasteiger partial charge < -0.3 is 16.0 Å². The molecule has 1 aromatic carbocycles. The fourth-order valence-corrected chi connectivity index (χ4v) is 2.45. The molecule has 0 atom stereocenters. The lowest BCUT2D eigenvalue weighted by atomic mass is 9.93. The summed E-state index contributed by atoms with van der Waals surface area (Å²) in [5.74, 6) is -0.238. The van der Waals surface area contributed by atoms with Crippen molar-refractivity contribution in [1.82, 2.24) is 4.90 Å². The van der Waals surface area contributed by atoms with Crippen LogP contribution in [0.4, 0.5) is 15.8 Å². The standard InChI is InChI=1S/C13H21FIN3/c1-13(2,8-18(3)4)7-17-12-5-9(14)10(15)6-11(12)16/h5-6,17H,7-8,16H2,1-4H3. The van der Waals surface area contributed by atoms with Gasteiger partial charge in [-0.2, -0.15) is 0 Å². The molecule has 0 aromatic heterocycles. The van der Waals surface area contributed by atoms with Crippen molar-refractivity contribution >= 4 is 34.0 Å². The first kappa shape index (κ1) is 15.5. The molecular weight excluding hydrogens is 344 g/mol. The molecule has 0 aliphatic carbocycles. The molecule has 0 saturated carbocycles. The highest BCUT2D eigenvalue weighted by atomic mass is 127. The van der Waals surface area contributed by atoms with Crippen LogP contribution in [0.15, 0.2) is 12.1 Å². The quantitative estimate of drug-likeness (QED) is 0.623. The van der Waals surface area contributed by atoms with Crippen LogP contribution in [0.2, 0.25) is 0 Å². The van der Waals surface area contributed by atoms with Gasteiger partial charge in [-0.3, -0.25) is 0 Å². The Kier molecular flexibility index (Phi) is 5.21. The Balaban J connectivity index is 2.72. The minimum Gasteiger partial charge on any atom is -0.397 e. The summed E-state index contributed by atoms with van der Waals surface area (Å²) in [4.78, 5) is 2.14. The van der Waals surface area contributed by atoms with Crippen LogP contribution in [0.3, 0.4) is 0 Å². The van der Waals surface area contributed by atoms with Crippen molar-refractivity contribution in [2.24, 2.45) is 5.41 Å². The number of hydrogen-bond donors (Lipinski definition) is 2. The fourth-order valence-electron chi connectivity index (χ4n) is 1.96. The lowest BCUT2D eigenvalue weighted by Crippen LogP contribution is -2.34. The van der Waals surface area contributed by atoms with Crippen LogP contribution in [0.5, 0.6) is 0 Å². The summed E-state index contributed by atoms with van der Waals surface area (Å²) >= 11 is 1.94. The monoisotopic (exact) mass is 365 g/mol. The van der Waals surface area contributed by atoms with Crippen LogP contribution in [-0.4, -0.2) is 32.1 Å². The average Bonchev–Trinajstić information content (AvgIpc) is 2.19. The van der Waals surface area contributed by atoms with Crippen LogP contribution in [0, 0.1) is 14.8 Å². The molecule has 0 amide bonds. The summed E-state index contributed by atoms with van der Waals surface area (Å²) in [5.41, 5.74) is 7.22. The lowest BCUT2D eigenvalue weighted by molar-refractivity contribution is 0.254. The summed E-state index contributed by atoms with van der Waals surface area (Å²) in [6, 6.07) is 3.11. The summed E-state index contributed by atoms with van der Waals surface area (Å²) in [5, 5.41) is 3.23. The number of hydrogen-bond acceptors (Lipinski definition) is 3. The molecule has 0 fully saturated rings. The van der Waals surface area contributed by atoms with Crippen LogP contribution >= 0.6 is 22.6 Å². The van der Waals surface area contributed by atoms with Gasteiger partial charge in [0.2, 0.25) is 0 Å². The number of anilines is 2. The molecule has 0 saturated heterocycles. The third-order valence-corrected chi connectivity index (χ3v) is 3.42. The minimum absolute atomic E-state index is 0.0927. The van der Waals surface area contributed by atoms with E-state index in [-0.39, 0.29) is 11.2 Å². The van der Waals surface area contributed by atoms with Gasteiger partial charge >= 0.3 is 0 Å². The Morgan fingerprint density at radius 3 is 2.56 bits per heavy atom. The minimum atomic E-state index is -0.238. The van der Waals surface area contributed by atoms with Crippen LogP contribution < -0.4 is 11.1 Å². The van der Waals surface area contributed by atoms with Gasteiger partial charge in [-0.15, -0.1) is 0 Å². The van der Waals surface area contributed by atoms with Crippen molar-refractivity contribution in [1.29, 1.82) is 0 Å². The first-order chi connectivity index (χ1) is 8.21. The molecule has 0 radical (unpaired) electrons. The lowest BCUT2D eigenvalue weighted by Gasteiger charge is -2.29. The first-order valence-corrected chi connectivity index (χ1v) is 6.92. The largest absolute Gasteiger partial charge is 0.397 e. The van der Waals surface area contributed by atoms with Gasteiger partial charge in [-0.05, 0) is 48.2 Å². The molecule has 0 aliphatic rings. The molecule has 3 nitrogen and oxygen atoms in total. The highest BCUT2D eigenvalue weighted by Gasteiger charge is 2.19. The molecule has 1 rings (SSSR count). The van der Waals surface area contributed by atoms with Crippen molar-refractivity contribution in [3.8, 4) is 0 Å². The molecule has 1 aromatic rings. The second kappa shape index (κ2) is 6.06. The van der Waals surface area contributed by atoms with E-state index in [9.17, 15) is 4.39 Å². The second-order valence-corrected chi connectivity index (χ2v) is 6.77. The van der Waals surface area contributed by atoms with Gasteiger partial charge in [0, 0.05) is 19.2 Å². The summed E-state index contributed by atoms with van der Waals surface area (Å²) in [7, 11) is 4.08. The molecule has 0 heterocycles. The van der Waals surface area contributed by atoms with Crippen molar-refractivity contribution in [3.63, 3.8) is 0 Å². The molecule has 18 heavy (non-hydrogen) atoms. The third-order valence-electron chi connectivity index (χ3n) is 2.59. The van der Waals surface area contributed by atoms with E-state index in [0.29, 0.717) is 14.9 Å². The predicted octanol–water partition coefficient (Wildman–Crippen LogP) is 3.01. The summed E-state index contributed by atoms with van der Waals surface area (Å²) < 4.78 is 14.0. The van der Waals surface area contributed by atoms with Gasteiger partial charge in [0.25, 0.3) is 0 Å². The van der Waals surface area contributed by atoms with Gasteiger partial charge in [-0.25, -0.2) is 4.39 Å². The van der Waals surface area contributed by atoms with E-state index in [1.54, 1.807) is 6.07 Å². The smallest absolute Gasteiger partial charge is 0.138 e. The molecule has 0 aliphatic heterocycles. The number of nitrogen functional groups attached to an aromatic ring is 1. The van der Waals surface area contributed by atoms with Crippen LogP contribution in [-0.2, 0) is 0 Å². The van der Waals surface area contributed by atoms with Gasteiger partial charge in [0.15, 0.2) is 0 Å². The molecule has 0 bridgehead atoms. The van der Waals surface area contributed by atoms with Crippen molar-refractivity contribution in [2.45, 2.75) is 13.8 Å². The van der Waals surface area contributed by atoms with Crippen LogP contribution in [0.25, 0.3) is 0 Å². The predicted molar refractivity (Wildman–Crippen MR) is 84.4 cm³/mol. The molecular formula is C13H21FIN3. The van der Waals surface area contributed by atoms with E-state index in [2.05, 4.69) is 24.1 Å². The van der Waals surface area contributed by atoms with Gasteiger partial charge in [0.1, 0.15) is 5.82 Å². The number of benzene rings is 1. The second-order valence-electron chi connectivity index (χ2n) is 5.61. The van der Waals surface area contributed by atoms with E-state index in [0.717, 1.165) is 13.1 Å². The van der Waals surface area contributed by atoms with Crippen molar-refractivity contribution in [2.75, 3.05) is 38.2 Å².